The highest BCUT2D eigenvalue weighted by Gasteiger charge is 2.40. The van der Waals surface area contributed by atoms with Crippen LogP contribution in [0.25, 0.3) is 0 Å². The van der Waals surface area contributed by atoms with E-state index < -0.39 is 0 Å². The third-order valence-electron chi connectivity index (χ3n) is 7.60. The Morgan fingerprint density at radius 2 is 1.85 bits per heavy atom. The van der Waals surface area contributed by atoms with Gasteiger partial charge in [-0.3, -0.25) is 0 Å². The first-order chi connectivity index (χ1) is 16.1. The number of carbonyl (C=O) groups is 1. The quantitative estimate of drug-likeness (QED) is 0.706. The number of halogens is 1. The normalized spacial score (nSPS) is 25.8. The molecule has 0 aromatic heterocycles. The molecule has 3 fully saturated rings. The molecule has 6 heteroatoms. The molecule has 0 spiro atoms. The Bertz CT molecular complexity index is 1040. The van der Waals surface area contributed by atoms with Gasteiger partial charge in [0.2, 0.25) is 0 Å². The maximum Gasteiger partial charge on any atom is 0.318 e. The molecule has 2 bridgehead atoms. The molecule has 6 rings (SSSR count). The highest BCUT2D eigenvalue weighted by atomic mass is 19.1. The Balaban J connectivity index is 1.39. The molecule has 0 aliphatic carbocycles. The molecule has 5 nitrogen and oxygen atoms in total. The number of fused-ring (bicyclic) bond motifs is 4. The monoisotopic (exact) mass is 447 g/mol. The molecule has 2 amide bonds. The van der Waals surface area contributed by atoms with E-state index in [4.69, 9.17) is 11.2 Å². The molecule has 2 aromatic carbocycles. The SMILES string of the molecule is C#CCOc1ccc2c(c1)CCN(C(=O)NCC13CCN(CC1)CC3)[C@H]2c1ccc(F)cc1. The molecule has 4 heterocycles. The summed E-state index contributed by atoms with van der Waals surface area (Å²) in [5, 5.41) is 3.27. The average molecular weight is 448 g/mol. The number of nitrogens with one attached hydrogen (secondary N) is 1. The van der Waals surface area contributed by atoms with E-state index in [-0.39, 0.29) is 29.9 Å². The number of hydrogen-bond acceptors (Lipinski definition) is 3. The largest absolute Gasteiger partial charge is 0.481 e. The zero-order valence-electron chi connectivity index (χ0n) is 18.9. The first-order valence-corrected chi connectivity index (χ1v) is 11.8. The fraction of sp³-hybridized carbons (Fsp3) is 0.444. The second-order valence-electron chi connectivity index (χ2n) is 9.50. The van der Waals surface area contributed by atoms with Gasteiger partial charge in [0.15, 0.2) is 0 Å². The third-order valence-corrected chi connectivity index (χ3v) is 7.60. The van der Waals surface area contributed by atoms with Crippen molar-refractivity contribution in [1.82, 2.24) is 15.1 Å². The van der Waals surface area contributed by atoms with Crippen molar-refractivity contribution >= 4 is 6.03 Å². The van der Waals surface area contributed by atoms with Gasteiger partial charge >= 0.3 is 6.03 Å². The smallest absolute Gasteiger partial charge is 0.318 e. The summed E-state index contributed by atoms with van der Waals surface area (Å²) in [4.78, 5) is 17.9. The van der Waals surface area contributed by atoms with E-state index in [1.807, 2.05) is 23.1 Å². The van der Waals surface area contributed by atoms with Crippen LogP contribution in [0.4, 0.5) is 9.18 Å². The van der Waals surface area contributed by atoms with Crippen molar-refractivity contribution in [1.29, 1.82) is 0 Å². The van der Waals surface area contributed by atoms with Gasteiger partial charge in [-0.15, -0.1) is 6.42 Å². The van der Waals surface area contributed by atoms with Gasteiger partial charge < -0.3 is 19.9 Å². The summed E-state index contributed by atoms with van der Waals surface area (Å²) < 4.78 is 19.3. The van der Waals surface area contributed by atoms with Crippen LogP contribution in [0.5, 0.6) is 5.75 Å². The van der Waals surface area contributed by atoms with Crippen LogP contribution in [-0.4, -0.2) is 55.2 Å². The number of carbonyl (C=O) groups excluding carboxylic acids is 1. The number of ether oxygens (including phenoxy) is 1. The van der Waals surface area contributed by atoms with E-state index in [2.05, 4.69) is 16.1 Å². The van der Waals surface area contributed by atoms with Crippen LogP contribution in [0.15, 0.2) is 42.5 Å². The molecular formula is C27H30FN3O2. The van der Waals surface area contributed by atoms with E-state index in [9.17, 15) is 9.18 Å². The molecule has 0 unspecified atom stereocenters. The molecule has 2 aromatic rings. The number of nitrogens with zero attached hydrogens (tertiary/aromatic N) is 2. The van der Waals surface area contributed by atoms with Crippen molar-refractivity contribution in [2.45, 2.75) is 31.7 Å². The van der Waals surface area contributed by atoms with Crippen molar-refractivity contribution in [3.8, 4) is 18.1 Å². The maximum absolute atomic E-state index is 13.7. The fourth-order valence-corrected chi connectivity index (χ4v) is 5.57. The molecular weight excluding hydrogens is 417 g/mol. The van der Waals surface area contributed by atoms with Crippen LogP contribution in [0.3, 0.4) is 0 Å². The van der Waals surface area contributed by atoms with E-state index >= 15 is 0 Å². The van der Waals surface area contributed by atoms with Crippen LogP contribution in [0, 0.1) is 23.6 Å². The molecule has 4 aliphatic rings. The fourth-order valence-electron chi connectivity index (χ4n) is 5.57. The number of piperidine rings is 3. The van der Waals surface area contributed by atoms with Gasteiger partial charge in [-0.05, 0) is 91.7 Å². The summed E-state index contributed by atoms with van der Waals surface area (Å²) in [6.07, 6.45) is 9.50. The summed E-state index contributed by atoms with van der Waals surface area (Å²) in [6, 6.07) is 12.0. The van der Waals surface area contributed by atoms with Crippen molar-refractivity contribution in [3.63, 3.8) is 0 Å². The lowest BCUT2D eigenvalue weighted by Gasteiger charge is -2.48. The van der Waals surface area contributed by atoms with Gasteiger partial charge in [0.1, 0.15) is 18.2 Å². The van der Waals surface area contributed by atoms with Gasteiger partial charge in [-0.1, -0.05) is 24.1 Å². The Kier molecular flexibility index (Phi) is 5.99. The summed E-state index contributed by atoms with van der Waals surface area (Å²) in [7, 11) is 0. The van der Waals surface area contributed by atoms with Gasteiger partial charge in [0, 0.05) is 13.1 Å². The number of benzene rings is 2. The predicted molar refractivity (Wildman–Crippen MR) is 126 cm³/mol. The van der Waals surface area contributed by atoms with Gasteiger partial charge in [0.05, 0.1) is 6.04 Å². The van der Waals surface area contributed by atoms with Gasteiger partial charge in [-0.2, -0.15) is 0 Å². The van der Waals surface area contributed by atoms with Gasteiger partial charge in [0.25, 0.3) is 0 Å². The minimum absolute atomic E-state index is 0.0509. The Hall–Kier alpha value is -3.04. The van der Waals surface area contributed by atoms with E-state index in [0.717, 1.165) is 74.3 Å². The van der Waals surface area contributed by atoms with Crippen LogP contribution in [-0.2, 0) is 6.42 Å². The van der Waals surface area contributed by atoms with E-state index in [0.29, 0.717) is 6.54 Å². The summed E-state index contributed by atoms with van der Waals surface area (Å²) in [5.41, 5.74) is 3.29. The third kappa shape index (κ3) is 4.43. The van der Waals surface area contributed by atoms with Crippen molar-refractivity contribution in [2.24, 2.45) is 5.41 Å². The van der Waals surface area contributed by atoms with Gasteiger partial charge in [-0.25, -0.2) is 9.18 Å². The van der Waals surface area contributed by atoms with Crippen LogP contribution in [0.2, 0.25) is 0 Å². The summed E-state index contributed by atoms with van der Waals surface area (Å²) >= 11 is 0. The summed E-state index contributed by atoms with van der Waals surface area (Å²) in [5.74, 6) is 2.93. The number of terminal acetylenes is 1. The minimum Gasteiger partial charge on any atom is -0.481 e. The van der Waals surface area contributed by atoms with E-state index in [1.165, 1.54) is 12.1 Å². The lowest BCUT2D eigenvalue weighted by Crippen LogP contribution is -2.54. The van der Waals surface area contributed by atoms with E-state index in [1.54, 1.807) is 12.1 Å². The zero-order chi connectivity index (χ0) is 22.8. The van der Waals surface area contributed by atoms with Crippen LogP contribution >= 0.6 is 0 Å². The number of amides is 2. The van der Waals surface area contributed by atoms with Crippen molar-refractivity contribution in [3.05, 3.63) is 65.0 Å². The highest BCUT2D eigenvalue weighted by molar-refractivity contribution is 5.76. The molecule has 0 radical (unpaired) electrons. The molecule has 33 heavy (non-hydrogen) atoms. The standard InChI is InChI=1S/C27H30FN3O2/c1-2-17-33-23-7-8-24-21(18-23)9-13-31(25(24)20-3-5-22(28)6-4-20)26(32)29-19-27-10-14-30(15-11-27)16-12-27/h1,3-8,18,25H,9-17,19H2,(H,29,32)/t25-/m0/s1. The maximum atomic E-state index is 13.7. The lowest BCUT2D eigenvalue weighted by molar-refractivity contribution is 0.0272. The highest BCUT2D eigenvalue weighted by Crippen LogP contribution is 2.40. The van der Waals surface area contributed by atoms with Crippen LogP contribution < -0.4 is 10.1 Å². The number of hydrogen-bond donors (Lipinski definition) is 1. The Labute approximate surface area is 194 Å². The molecule has 172 valence electrons. The summed E-state index contributed by atoms with van der Waals surface area (Å²) in [6.45, 7) is 4.92. The second-order valence-corrected chi connectivity index (χ2v) is 9.50. The molecule has 3 saturated heterocycles. The Morgan fingerprint density at radius 3 is 2.55 bits per heavy atom. The second kappa shape index (κ2) is 9.07. The lowest BCUT2D eigenvalue weighted by atomic mass is 9.72. The minimum atomic E-state index is -0.286. The number of rotatable bonds is 5. The molecule has 1 N–H and O–H groups in total. The first-order valence-electron chi connectivity index (χ1n) is 11.8. The first kappa shape index (κ1) is 21.8. The van der Waals surface area contributed by atoms with Crippen LogP contribution in [0.1, 0.15) is 42.0 Å². The Morgan fingerprint density at radius 1 is 1.12 bits per heavy atom. The topological polar surface area (TPSA) is 44.8 Å². The predicted octanol–water partition coefficient (Wildman–Crippen LogP) is 3.98. The van der Waals surface area contributed by atoms with Crippen molar-refractivity contribution < 1.29 is 13.9 Å². The van der Waals surface area contributed by atoms with Crippen molar-refractivity contribution in [2.75, 3.05) is 39.3 Å². The number of urea groups is 1. The zero-order valence-corrected chi connectivity index (χ0v) is 18.9. The molecule has 4 aliphatic heterocycles. The molecule has 0 saturated carbocycles. The molecule has 1 atom stereocenters. The average Bonchev–Trinajstić information content (AvgIpc) is 2.87.